The summed E-state index contributed by atoms with van der Waals surface area (Å²) in [5, 5.41) is 2.04. The second-order valence-corrected chi connectivity index (χ2v) is 3.05. The van der Waals surface area contributed by atoms with Crippen molar-refractivity contribution in [2.24, 2.45) is 0 Å². The van der Waals surface area contributed by atoms with Crippen LogP contribution in [0.2, 0.25) is 0 Å². The molecule has 0 spiro atoms. The van der Waals surface area contributed by atoms with Gasteiger partial charge in [-0.05, 0) is 24.5 Å². The summed E-state index contributed by atoms with van der Waals surface area (Å²) >= 11 is 0. The first-order chi connectivity index (χ1) is 7.33. The van der Waals surface area contributed by atoms with Gasteiger partial charge in [0.25, 0.3) is 0 Å². The Labute approximate surface area is 88.8 Å². The molecule has 0 saturated heterocycles. The Bertz CT molecular complexity index is 344. The zero-order chi connectivity index (χ0) is 10.9. The largest absolute Gasteiger partial charge is 0.295 e. The van der Waals surface area contributed by atoms with Crippen molar-refractivity contribution in [3.8, 4) is 0 Å². The first kappa shape index (κ1) is 11.2. The number of allylic oxidation sites excluding steroid dienone is 1. The molecule has 0 bridgehead atoms. The number of carbonyl (C=O) groups excluding carboxylic acids is 2. The molecule has 0 aliphatic rings. The molecule has 15 heavy (non-hydrogen) atoms. The summed E-state index contributed by atoms with van der Waals surface area (Å²) in [5.41, 5.74) is 1.23. The molecule has 1 aromatic carbocycles. The van der Waals surface area contributed by atoms with Crippen LogP contribution in [-0.4, -0.2) is 12.3 Å². The average molecular weight is 203 g/mol. The van der Waals surface area contributed by atoms with E-state index in [1.54, 1.807) is 6.08 Å². The van der Waals surface area contributed by atoms with E-state index < -0.39 is 0 Å². The van der Waals surface area contributed by atoms with Crippen LogP contribution < -0.4 is 5.32 Å². The first-order valence-electron chi connectivity index (χ1n) is 4.77. The van der Waals surface area contributed by atoms with Gasteiger partial charge in [-0.1, -0.05) is 36.4 Å². The van der Waals surface area contributed by atoms with Crippen LogP contribution in [0.25, 0.3) is 0 Å². The van der Waals surface area contributed by atoms with Gasteiger partial charge in [0.1, 0.15) is 0 Å². The van der Waals surface area contributed by atoms with Gasteiger partial charge < -0.3 is 0 Å². The number of nitrogens with one attached hydrogen (secondary N) is 1. The number of aryl methyl sites for hydroxylation is 1. The van der Waals surface area contributed by atoms with Gasteiger partial charge in [-0.2, -0.15) is 0 Å². The summed E-state index contributed by atoms with van der Waals surface area (Å²) in [6.07, 6.45) is 5.19. The fourth-order valence-corrected chi connectivity index (χ4v) is 1.19. The molecule has 0 atom stereocenters. The fraction of sp³-hybridized carbons (Fsp3) is 0.167. The van der Waals surface area contributed by atoms with Crippen LogP contribution in [0.3, 0.4) is 0 Å². The Hall–Kier alpha value is -1.90. The summed E-state index contributed by atoms with van der Waals surface area (Å²) in [7, 11) is 0. The lowest BCUT2D eigenvalue weighted by Gasteiger charge is -1.96. The third kappa shape index (κ3) is 4.76. The number of rotatable bonds is 5. The quantitative estimate of drug-likeness (QED) is 0.581. The smallest absolute Gasteiger partial charge is 0.250 e. The third-order valence-electron chi connectivity index (χ3n) is 1.91. The number of hydrogen-bond acceptors (Lipinski definition) is 2. The van der Waals surface area contributed by atoms with E-state index in [1.807, 2.05) is 35.6 Å². The molecule has 3 heteroatoms. The second kappa shape index (κ2) is 6.54. The summed E-state index contributed by atoms with van der Waals surface area (Å²) in [5.74, 6) is -0.377. The molecule has 0 unspecified atom stereocenters. The average Bonchev–Trinajstić information content (AvgIpc) is 2.26. The number of amides is 2. The summed E-state index contributed by atoms with van der Waals surface area (Å²) in [4.78, 5) is 20.7. The molecule has 3 nitrogen and oxygen atoms in total. The SMILES string of the molecule is O=CNC(=O)C=CCCc1ccccc1. The third-order valence-corrected chi connectivity index (χ3v) is 1.91. The molecular formula is C12H13NO2. The van der Waals surface area contributed by atoms with Crippen LogP contribution in [0.5, 0.6) is 0 Å². The van der Waals surface area contributed by atoms with Gasteiger partial charge in [0.2, 0.25) is 12.3 Å². The van der Waals surface area contributed by atoms with Crippen LogP contribution in [0.15, 0.2) is 42.5 Å². The molecule has 2 amide bonds. The van der Waals surface area contributed by atoms with Crippen molar-refractivity contribution in [2.75, 3.05) is 0 Å². The van der Waals surface area contributed by atoms with Crippen LogP contribution in [0.1, 0.15) is 12.0 Å². The van der Waals surface area contributed by atoms with Crippen molar-refractivity contribution in [1.29, 1.82) is 0 Å². The molecule has 0 aliphatic carbocycles. The van der Waals surface area contributed by atoms with Crippen molar-refractivity contribution >= 4 is 12.3 Å². The maximum Gasteiger partial charge on any atom is 0.250 e. The maximum atomic E-state index is 10.8. The first-order valence-corrected chi connectivity index (χ1v) is 4.77. The number of benzene rings is 1. The molecule has 0 radical (unpaired) electrons. The molecule has 0 heterocycles. The van der Waals surface area contributed by atoms with E-state index in [2.05, 4.69) is 0 Å². The van der Waals surface area contributed by atoms with Crippen molar-refractivity contribution in [3.05, 3.63) is 48.0 Å². The van der Waals surface area contributed by atoms with Gasteiger partial charge in [-0.15, -0.1) is 0 Å². The maximum absolute atomic E-state index is 10.8. The predicted molar refractivity (Wildman–Crippen MR) is 58.1 cm³/mol. The highest BCUT2D eigenvalue weighted by molar-refractivity contribution is 5.94. The van der Waals surface area contributed by atoms with E-state index in [4.69, 9.17) is 0 Å². The number of imide groups is 1. The Morgan fingerprint density at radius 2 is 2.00 bits per heavy atom. The highest BCUT2D eigenvalue weighted by Crippen LogP contribution is 2.02. The summed E-state index contributed by atoms with van der Waals surface area (Å²) in [6.45, 7) is 0. The van der Waals surface area contributed by atoms with E-state index in [9.17, 15) is 9.59 Å². The van der Waals surface area contributed by atoms with E-state index in [0.29, 0.717) is 6.41 Å². The molecule has 0 fully saturated rings. The molecular weight excluding hydrogens is 190 g/mol. The van der Waals surface area contributed by atoms with E-state index in [1.165, 1.54) is 11.6 Å². The van der Waals surface area contributed by atoms with Crippen LogP contribution in [-0.2, 0) is 16.0 Å². The Balaban J connectivity index is 2.27. The Kier molecular flexibility index (Phi) is 4.87. The lowest BCUT2D eigenvalue weighted by atomic mass is 10.1. The molecule has 78 valence electrons. The zero-order valence-electron chi connectivity index (χ0n) is 8.35. The van der Waals surface area contributed by atoms with Crippen molar-refractivity contribution in [2.45, 2.75) is 12.8 Å². The minimum absolute atomic E-state index is 0.377. The van der Waals surface area contributed by atoms with Crippen molar-refractivity contribution in [1.82, 2.24) is 5.32 Å². The highest BCUT2D eigenvalue weighted by Gasteiger charge is 1.91. The van der Waals surface area contributed by atoms with Gasteiger partial charge in [-0.25, -0.2) is 0 Å². The lowest BCUT2D eigenvalue weighted by Crippen LogP contribution is -2.18. The van der Waals surface area contributed by atoms with Crippen LogP contribution >= 0.6 is 0 Å². The van der Waals surface area contributed by atoms with Crippen LogP contribution in [0.4, 0.5) is 0 Å². The van der Waals surface area contributed by atoms with Crippen molar-refractivity contribution < 1.29 is 9.59 Å². The van der Waals surface area contributed by atoms with Crippen LogP contribution in [0, 0.1) is 0 Å². The minimum Gasteiger partial charge on any atom is -0.295 e. The van der Waals surface area contributed by atoms with E-state index in [-0.39, 0.29) is 5.91 Å². The molecule has 0 aliphatic heterocycles. The molecule has 1 N–H and O–H groups in total. The van der Waals surface area contributed by atoms with Gasteiger partial charge in [0.15, 0.2) is 0 Å². The summed E-state index contributed by atoms with van der Waals surface area (Å²) in [6, 6.07) is 10.0. The molecule has 1 aromatic rings. The predicted octanol–water partition coefficient (Wildman–Crippen LogP) is 1.45. The Morgan fingerprint density at radius 3 is 2.67 bits per heavy atom. The fourth-order valence-electron chi connectivity index (χ4n) is 1.19. The number of carbonyl (C=O) groups is 2. The van der Waals surface area contributed by atoms with Gasteiger partial charge in [-0.3, -0.25) is 14.9 Å². The molecule has 0 saturated carbocycles. The molecule has 0 aromatic heterocycles. The monoisotopic (exact) mass is 203 g/mol. The van der Waals surface area contributed by atoms with E-state index in [0.717, 1.165) is 12.8 Å². The van der Waals surface area contributed by atoms with Crippen molar-refractivity contribution in [3.63, 3.8) is 0 Å². The minimum atomic E-state index is -0.377. The topological polar surface area (TPSA) is 46.2 Å². The summed E-state index contributed by atoms with van der Waals surface area (Å²) < 4.78 is 0. The normalized spacial score (nSPS) is 10.1. The van der Waals surface area contributed by atoms with Gasteiger partial charge >= 0.3 is 0 Å². The number of hydrogen-bond donors (Lipinski definition) is 1. The highest BCUT2D eigenvalue weighted by atomic mass is 16.2. The zero-order valence-corrected chi connectivity index (χ0v) is 8.35. The van der Waals surface area contributed by atoms with E-state index >= 15 is 0 Å². The Morgan fingerprint density at radius 1 is 1.27 bits per heavy atom. The second-order valence-electron chi connectivity index (χ2n) is 3.05. The molecule has 1 rings (SSSR count). The van der Waals surface area contributed by atoms with Gasteiger partial charge in [0.05, 0.1) is 0 Å². The standard InChI is InChI=1S/C12H13NO2/c14-10-13-12(15)9-5-4-8-11-6-2-1-3-7-11/h1-3,5-7,9-10H,4,8H2,(H,13,14,15). The van der Waals surface area contributed by atoms with Gasteiger partial charge in [0, 0.05) is 0 Å². The lowest BCUT2D eigenvalue weighted by molar-refractivity contribution is -0.121.